The molecule has 0 saturated carbocycles. The molecule has 28 heavy (non-hydrogen) atoms. The van der Waals surface area contributed by atoms with Gasteiger partial charge in [0, 0.05) is 23.4 Å². The van der Waals surface area contributed by atoms with Gasteiger partial charge in [0.05, 0.1) is 6.61 Å². The van der Waals surface area contributed by atoms with Gasteiger partial charge >= 0.3 is 6.03 Å². The Morgan fingerprint density at radius 2 is 1.68 bits per heavy atom. The first-order valence-corrected chi connectivity index (χ1v) is 9.38. The fourth-order valence-corrected chi connectivity index (χ4v) is 2.60. The van der Waals surface area contributed by atoms with Crippen LogP contribution in [0.5, 0.6) is 17.2 Å². The summed E-state index contributed by atoms with van der Waals surface area (Å²) in [6.45, 7) is 6.37. The third-order valence-electron chi connectivity index (χ3n) is 4.19. The second kappa shape index (κ2) is 10.2. The summed E-state index contributed by atoms with van der Waals surface area (Å²) in [5.41, 5.74) is 6.25. The van der Waals surface area contributed by atoms with Crippen molar-refractivity contribution in [2.75, 3.05) is 11.9 Å². The van der Waals surface area contributed by atoms with E-state index >= 15 is 0 Å². The van der Waals surface area contributed by atoms with E-state index in [4.69, 9.17) is 15.2 Å². The predicted octanol–water partition coefficient (Wildman–Crippen LogP) is 4.29. The Hall–Kier alpha value is -3.22. The number of rotatable bonds is 9. The number of ether oxygens (including phenoxy) is 2. The van der Waals surface area contributed by atoms with E-state index in [9.17, 15) is 9.59 Å². The molecule has 0 aliphatic rings. The number of nitrogens with two attached hydrogens (primary N) is 1. The molecule has 0 aliphatic heterocycles. The quantitative estimate of drug-likeness (QED) is 0.599. The molecule has 0 heterocycles. The van der Waals surface area contributed by atoms with Gasteiger partial charge in [0.2, 0.25) is 5.91 Å². The second-order valence-corrected chi connectivity index (χ2v) is 6.20. The number of amides is 3. The lowest BCUT2D eigenvalue weighted by atomic mass is 10.2. The van der Waals surface area contributed by atoms with E-state index in [0.29, 0.717) is 35.1 Å². The molecule has 2 rings (SSSR count). The van der Waals surface area contributed by atoms with E-state index < -0.39 is 5.91 Å². The largest absolute Gasteiger partial charge is 0.490 e. The third kappa shape index (κ3) is 5.90. The number of nitrogens with one attached hydrogen (secondary N) is 2. The standard InChI is InChI=1S/C21H27N3O4/c1-4-15(5-2)23-21(26)24-16-9-12-18(19(13-16)27-6-3)28-17-10-7-14(8-11-17)20(22)25/h7-13,15H,4-6H2,1-3H3,(H2,22,25)(H2,23,24,26). The van der Waals surface area contributed by atoms with Crippen LogP contribution < -0.4 is 25.8 Å². The van der Waals surface area contributed by atoms with E-state index in [-0.39, 0.29) is 12.1 Å². The molecular weight excluding hydrogens is 358 g/mol. The van der Waals surface area contributed by atoms with Crippen molar-refractivity contribution >= 4 is 17.6 Å². The van der Waals surface area contributed by atoms with Gasteiger partial charge in [0.25, 0.3) is 0 Å². The van der Waals surface area contributed by atoms with Crippen LogP contribution in [-0.4, -0.2) is 24.6 Å². The average Bonchev–Trinajstić information content (AvgIpc) is 2.68. The van der Waals surface area contributed by atoms with Gasteiger partial charge in [-0.2, -0.15) is 0 Å². The molecule has 7 nitrogen and oxygen atoms in total. The number of primary amides is 1. The number of benzene rings is 2. The average molecular weight is 385 g/mol. The zero-order valence-corrected chi connectivity index (χ0v) is 16.5. The fraction of sp³-hybridized carbons (Fsp3) is 0.333. The SMILES string of the molecule is CCOc1cc(NC(=O)NC(CC)CC)ccc1Oc1ccc(C(N)=O)cc1. The molecule has 0 atom stereocenters. The van der Waals surface area contributed by atoms with Crippen LogP contribution in [0, 0.1) is 0 Å². The molecule has 0 radical (unpaired) electrons. The van der Waals surface area contributed by atoms with Crippen molar-refractivity contribution in [1.82, 2.24) is 5.32 Å². The number of anilines is 1. The number of carbonyl (C=O) groups excluding carboxylic acids is 2. The third-order valence-corrected chi connectivity index (χ3v) is 4.19. The van der Waals surface area contributed by atoms with Gasteiger partial charge in [-0.05, 0) is 56.2 Å². The van der Waals surface area contributed by atoms with Gasteiger partial charge in [0.1, 0.15) is 5.75 Å². The van der Waals surface area contributed by atoms with Crippen molar-refractivity contribution < 1.29 is 19.1 Å². The Kier molecular flexibility index (Phi) is 7.68. The summed E-state index contributed by atoms with van der Waals surface area (Å²) in [7, 11) is 0. The highest BCUT2D eigenvalue weighted by Crippen LogP contribution is 2.34. The van der Waals surface area contributed by atoms with Gasteiger partial charge < -0.3 is 25.8 Å². The van der Waals surface area contributed by atoms with Gasteiger partial charge in [0.15, 0.2) is 11.5 Å². The number of urea groups is 1. The molecule has 0 spiro atoms. The van der Waals surface area contributed by atoms with Crippen molar-refractivity contribution in [2.45, 2.75) is 39.7 Å². The van der Waals surface area contributed by atoms with E-state index in [2.05, 4.69) is 10.6 Å². The van der Waals surface area contributed by atoms with Crippen LogP contribution in [0.15, 0.2) is 42.5 Å². The highest BCUT2D eigenvalue weighted by Gasteiger charge is 2.12. The minimum absolute atomic E-state index is 0.136. The van der Waals surface area contributed by atoms with Crippen molar-refractivity contribution in [2.24, 2.45) is 5.73 Å². The molecule has 7 heteroatoms. The Balaban J connectivity index is 2.13. The van der Waals surface area contributed by atoms with E-state index in [1.54, 1.807) is 42.5 Å². The van der Waals surface area contributed by atoms with E-state index in [0.717, 1.165) is 12.8 Å². The van der Waals surface area contributed by atoms with Gasteiger partial charge in [-0.1, -0.05) is 13.8 Å². The van der Waals surface area contributed by atoms with E-state index in [1.807, 2.05) is 20.8 Å². The van der Waals surface area contributed by atoms with Crippen LogP contribution >= 0.6 is 0 Å². The summed E-state index contributed by atoms with van der Waals surface area (Å²) in [6, 6.07) is 11.6. The molecule has 2 aromatic carbocycles. The summed E-state index contributed by atoms with van der Waals surface area (Å²) in [6.07, 6.45) is 1.74. The van der Waals surface area contributed by atoms with Crippen molar-refractivity contribution in [3.63, 3.8) is 0 Å². The second-order valence-electron chi connectivity index (χ2n) is 6.20. The molecule has 3 amide bonds. The lowest BCUT2D eigenvalue weighted by Crippen LogP contribution is -2.37. The van der Waals surface area contributed by atoms with E-state index in [1.165, 1.54) is 0 Å². The first-order valence-electron chi connectivity index (χ1n) is 9.38. The maximum Gasteiger partial charge on any atom is 0.319 e. The number of carbonyl (C=O) groups is 2. The summed E-state index contributed by atoms with van der Waals surface area (Å²) in [4.78, 5) is 23.3. The maximum atomic E-state index is 12.1. The van der Waals surface area contributed by atoms with Gasteiger partial charge in [-0.25, -0.2) is 4.79 Å². The Morgan fingerprint density at radius 1 is 1.00 bits per heavy atom. The molecule has 0 aromatic heterocycles. The smallest absolute Gasteiger partial charge is 0.319 e. The monoisotopic (exact) mass is 385 g/mol. The minimum atomic E-state index is -0.497. The summed E-state index contributed by atoms with van der Waals surface area (Å²) >= 11 is 0. The summed E-state index contributed by atoms with van der Waals surface area (Å²) in [5.74, 6) is 1.04. The maximum absolute atomic E-state index is 12.1. The number of hydrogen-bond acceptors (Lipinski definition) is 4. The summed E-state index contributed by atoms with van der Waals surface area (Å²) < 4.78 is 11.5. The normalized spacial score (nSPS) is 10.4. The molecule has 0 saturated heterocycles. The number of hydrogen-bond donors (Lipinski definition) is 3. The van der Waals surface area contributed by atoms with Crippen LogP contribution in [-0.2, 0) is 0 Å². The zero-order chi connectivity index (χ0) is 20.5. The van der Waals surface area contributed by atoms with Gasteiger partial charge in [-0.15, -0.1) is 0 Å². The lowest BCUT2D eigenvalue weighted by molar-refractivity contribution is 0.1000. The van der Waals surface area contributed by atoms with Crippen LogP contribution in [0.25, 0.3) is 0 Å². The molecule has 0 aliphatic carbocycles. The Bertz CT molecular complexity index is 802. The molecule has 0 unspecified atom stereocenters. The topological polar surface area (TPSA) is 103 Å². The van der Waals surface area contributed by atoms with Crippen molar-refractivity contribution in [3.8, 4) is 17.2 Å². The minimum Gasteiger partial charge on any atom is -0.490 e. The lowest BCUT2D eigenvalue weighted by Gasteiger charge is -2.17. The molecule has 2 aromatic rings. The van der Waals surface area contributed by atoms with Crippen molar-refractivity contribution in [3.05, 3.63) is 48.0 Å². The Labute approximate surface area is 165 Å². The predicted molar refractivity (Wildman–Crippen MR) is 109 cm³/mol. The first-order chi connectivity index (χ1) is 13.5. The molecular formula is C21H27N3O4. The fourth-order valence-electron chi connectivity index (χ4n) is 2.60. The highest BCUT2D eigenvalue weighted by atomic mass is 16.5. The summed E-state index contributed by atoms with van der Waals surface area (Å²) in [5, 5.41) is 5.74. The molecule has 4 N–H and O–H groups in total. The van der Waals surface area contributed by atoms with Crippen LogP contribution in [0.2, 0.25) is 0 Å². The van der Waals surface area contributed by atoms with Crippen LogP contribution in [0.3, 0.4) is 0 Å². The molecule has 0 bridgehead atoms. The first kappa shape index (κ1) is 21.1. The molecule has 150 valence electrons. The van der Waals surface area contributed by atoms with Gasteiger partial charge in [-0.3, -0.25) is 4.79 Å². The highest BCUT2D eigenvalue weighted by molar-refractivity contribution is 5.92. The Morgan fingerprint density at radius 3 is 2.25 bits per heavy atom. The zero-order valence-electron chi connectivity index (χ0n) is 16.5. The van der Waals surface area contributed by atoms with Crippen molar-refractivity contribution in [1.29, 1.82) is 0 Å². The van der Waals surface area contributed by atoms with Crippen LogP contribution in [0.1, 0.15) is 44.0 Å². The van der Waals surface area contributed by atoms with Crippen LogP contribution in [0.4, 0.5) is 10.5 Å². The molecule has 0 fully saturated rings.